The van der Waals surface area contributed by atoms with Gasteiger partial charge in [0, 0.05) is 29.6 Å². The SMILES string of the molecule is NC(=O)N[C@H](CC(=O)Nc1ccc2c(c1)OC1(CCCC1)O2)c1ccc(Cl)cc1. The molecule has 1 spiro atoms. The van der Waals surface area contributed by atoms with E-state index in [1.54, 1.807) is 42.5 Å². The highest BCUT2D eigenvalue weighted by molar-refractivity contribution is 6.30. The normalized spacial score (nSPS) is 17.1. The van der Waals surface area contributed by atoms with Gasteiger partial charge in [0.15, 0.2) is 11.5 Å². The van der Waals surface area contributed by atoms with Gasteiger partial charge in [0.25, 0.3) is 5.79 Å². The second kappa shape index (κ2) is 7.83. The summed E-state index contributed by atoms with van der Waals surface area (Å²) in [6.45, 7) is 0. The van der Waals surface area contributed by atoms with Crippen LogP contribution in [0.5, 0.6) is 11.5 Å². The molecule has 2 aromatic carbocycles. The number of amides is 3. The lowest BCUT2D eigenvalue weighted by Crippen LogP contribution is -2.35. The summed E-state index contributed by atoms with van der Waals surface area (Å²) >= 11 is 5.91. The first-order chi connectivity index (χ1) is 13.9. The number of ether oxygens (including phenoxy) is 2. The van der Waals surface area contributed by atoms with Gasteiger partial charge in [-0.05, 0) is 42.7 Å². The van der Waals surface area contributed by atoms with Crippen molar-refractivity contribution in [2.75, 3.05) is 5.32 Å². The Bertz CT molecular complexity index is 926. The van der Waals surface area contributed by atoms with Crippen molar-refractivity contribution in [1.29, 1.82) is 0 Å². The van der Waals surface area contributed by atoms with E-state index in [-0.39, 0.29) is 12.3 Å². The van der Waals surface area contributed by atoms with Crippen LogP contribution < -0.4 is 25.8 Å². The predicted octanol–water partition coefficient (Wildman–Crippen LogP) is 4.12. The van der Waals surface area contributed by atoms with Crippen LogP contribution in [0.25, 0.3) is 0 Å². The average Bonchev–Trinajstić information content (AvgIpc) is 3.27. The number of benzene rings is 2. The van der Waals surface area contributed by atoms with Crippen molar-refractivity contribution < 1.29 is 19.1 Å². The highest BCUT2D eigenvalue weighted by Gasteiger charge is 2.44. The molecule has 0 aromatic heterocycles. The summed E-state index contributed by atoms with van der Waals surface area (Å²) in [5.74, 6) is 0.512. The predicted molar refractivity (Wildman–Crippen MR) is 109 cm³/mol. The number of rotatable bonds is 5. The number of urea groups is 1. The molecule has 7 nitrogen and oxygen atoms in total. The molecule has 2 aliphatic rings. The van der Waals surface area contributed by atoms with Gasteiger partial charge in [-0.15, -0.1) is 0 Å². The zero-order valence-electron chi connectivity index (χ0n) is 15.7. The fourth-order valence-corrected chi connectivity index (χ4v) is 3.93. The quantitative estimate of drug-likeness (QED) is 0.683. The molecule has 1 atom stereocenters. The van der Waals surface area contributed by atoms with Gasteiger partial charge in [-0.3, -0.25) is 4.79 Å². The minimum Gasteiger partial charge on any atom is -0.448 e. The Morgan fingerprint density at radius 3 is 2.45 bits per heavy atom. The van der Waals surface area contributed by atoms with Crippen LogP contribution in [0.15, 0.2) is 42.5 Å². The van der Waals surface area contributed by atoms with Crippen molar-refractivity contribution in [3.63, 3.8) is 0 Å². The van der Waals surface area contributed by atoms with E-state index in [9.17, 15) is 9.59 Å². The van der Waals surface area contributed by atoms with Crippen molar-refractivity contribution in [2.45, 2.75) is 43.9 Å². The molecule has 0 saturated heterocycles. The third-order valence-corrected chi connectivity index (χ3v) is 5.42. The Balaban J connectivity index is 1.43. The zero-order chi connectivity index (χ0) is 20.4. The molecule has 2 aromatic rings. The molecule has 0 unspecified atom stereocenters. The molecular weight excluding hydrogens is 394 g/mol. The minimum absolute atomic E-state index is 0.0168. The number of anilines is 1. The number of carbonyl (C=O) groups is 2. The fraction of sp³-hybridized carbons (Fsp3) is 0.333. The highest BCUT2D eigenvalue weighted by Crippen LogP contribution is 2.47. The van der Waals surface area contributed by atoms with Gasteiger partial charge >= 0.3 is 6.03 Å². The van der Waals surface area contributed by atoms with E-state index in [1.807, 2.05) is 0 Å². The Morgan fingerprint density at radius 1 is 1.07 bits per heavy atom. The van der Waals surface area contributed by atoms with Crippen LogP contribution in [0.1, 0.15) is 43.7 Å². The highest BCUT2D eigenvalue weighted by atomic mass is 35.5. The summed E-state index contributed by atoms with van der Waals surface area (Å²) in [5, 5.41) is 6.01. The Labute approximate surface area is 173 Å². The third kappa shape index (κ3) is 4.40. The third-order valence-electron chi connectivity index (χ3n) is 5.16. The van der Waals surface area contributed by atoms with Gasteiger partial charge in [0.05, 0.1) is 12.5 Å². The maximum atomic E-state index is 12.6. The first-order valence-corrected chi connectivity index (χ1v) is 9.94. The van der Waals surface area contributed by atoms with Crippen molar-refractivity contribution in [2.24, 2.45) is 5.73 Å². The van der Waals surface area contributed by atoms with Crippen LogP contribution in [-0.2, 0) is 4.79 Å². The molecule has 1 heterocycles. The molecular formula is C21H22ClN3O4. The van der Waals surface area contributed by atoms with E-state index in [1.165, 1.54) is 0 Å². The maximum absolute atomic E-state index is 12.6. The van der Waals surface area contributed by atoms with Gasteiger partial charge in [0.1, 0.15) is 0 Å². The summed E-state index contributed by atoms with van der Waals surface area (Å²) in [5.41, 5.74) is 6.60. The Kier molecular flexibility index (Phi) is 5.24. The van der Waals surface area contributed by atoms with Crippen molar-refractivity contribution in [3.05, 3.63) is 53.1 Å². The molecule has 0 radical (unpaired) electrons. The maximum Gasteiger partial charge on any atom is 0.312 e. The lowest BCUT2D eigenvalue weighted by atomic mass is 10.0. The standard InChI is InChI=1S/C21H22ClN3O4/c22-14-5-3-13(4-6-14)16(25-20(23)27)12-19(26)24-15-7-8-17-18(11-15)29-21(28-17)9-1-2-10-21/h3-8,11,16H,1-2,9-10,12H2,(H,24,26)(H3,23,25,27)/t16-/m1/s1. The largest absolute Gasteiger partial charge is 0.448 e. The van der Waals surface area contributed by atoms with Crippen molar-refractivity contribution in [3.8, 4) is 11.5 Å². The second-order valence-electron chi connectivity index (χ2n) is 7.35. The summed E-state index contributed by atoms with van der Waals surface area (Å²) < 4.78 is 12.0. The monoisotopic (exact) mass is 415 g/mol. The zero-order valence-corrected chi connectivity index (χ0v) is 16.5. The lowest BCUT2D eigenvalue weighted by Gasteiger charge is -2.21. The van der Waals surface area contributed by atoms with Crippen LogP contribution in [0.3, 0.4) is 0 Å². The van der Waals surface area contributed by atoms with Crippen LogP contribution >= 0.6 is 11.6 Å². The summed E-state index contributed by atoms with van der Waals surface area (Å²) in [7, 11) is 0. The van der Waals surface area contributed by atoms with Crippen LogP contribution in [0, 0.1) is 0 Å². The van der Waals surface area contributed by atoms with Crippen molar-refractivity contribution in [1.82, 2.24) is 5.32 Å². The number of hydrogen-bond acceptors (Lipinski definition) is 4. The topological polar surface area (TPSA) is 103 Å². The van der Waals surface area contributed by atoms with Gasteiger partial charge in [-0.25, -0.2) is 4.79 Å². The molecule has 8 heteroatoms. The number of nitrogens with one attached hydrogen (secondary N) is 2. The van der Waals surface area contributed by atoms with E-state index in [0.29, 0.717) is 22.2 Å². The fourth-order valence-electron chi connectivity index (χ4n) is 3.81. The van der Waals surface area contributed by atoms with Gasteiger partial charge in [0.2, 0.25) is 5.91 Å². The van der Waals surface area contributed by atoms with Crippen LogP contribution in [0.4, 0.5) is 10.5 Å². The first kappa shape index (κ1) is 19.4. The molecule has 29 heavy (non-hydrogen) atoms. The molecule has 0 bridgehead atoms. The Hall–Kier alpha value is -2.93. The number of halogens is 1. The van der Waals surface area contributed by atoms with E-state index >= 15 is 0 Å². The molecule has 1 saturated carbocycles. The molecule has 152 valence electrons. The van der Waals surface area contributed by atoms with Crippen molar-refractivity contribution >= 4 is 29.2 Å². The molecule has 1 aliphatic heterocycles. The van der Waals surface area contributed by atoms with Crippen LogP contribution in [0.2, 0.25) is 5.02 Å². The summed E-state index contributed by atoms with van der Waals surface area (Å²) in [4.78, 5) is 24.0. The first-order valence-electron chi connectivity index (χ1n) is 9.56. The Morgan fingerprint density at radius 2 is 1.76 bits per heavy atom. The van der Waals surface area contributed by atoms with Gasteiger partial charge in [-0.2, -0.15) is 0 Å². The molecule has 4 rings (SSSR count). The van der Waals surface area contributed by atoms with E-state index < -0.39 is 17.9 Å². The van der Waals surface area contributed by atoms with Gasteiger partial charge in [-0.1, -0.05) is 23.7 Å². The molecule has 1 fully saturated rings. The molecule has 1 aliphatic carbocycles. The number of primary amides is 1. The van der Waals surface area contributed by atoms with Crippen LogP contribution in [-0.4, -0.2) is 17.7 Å². The molecule has 4 N–H and O–H groups in total. The minimum atomic E-state index is -0.706. The summed E-state index contributed by atoms with van der Waals surface area (Å²) in [6.07, 6.45) is 3.91. The molecule has 3 amide bonds. The number of nitrogens with two attached hydrogens (primary N) is 1. The second-order valence-corrected chi connectivity index (χ2v) is 7.78. The number of carbonyl (C=O) groups excluding carboxylic acids is 2. The number of hydrogen-bond donors (Lipinski definition) is 3. The van der Waals surface area contributed by atoms with E-state index in [4.69, 9.17) is 26.8 Å². The average molecular weight is 416 g/mol. The van der Waals surface area contributed by atoms with Gasteiger partial charge < -0.3 is 25.8 Å². The smallest absolute Gasteiger partial charge is 0.312 e. The van der Waals surface area contributed by atoms with E-state index in [2.05, 4.69) is 10.6 Å². The number of fused-ring (bicyclic) bond motifs is 1. The summed E-state index contributed by atoms with van der Waals surface area (Å²) in [6, 6.07) is 10.9. The lowest BCUT2D eigenvalue weighted by molar-refractivity contribution is -0.116. The van der Waals surface area contributed by atoms with E-state index in [0.717, 1.165) is 31.2 Å².